The van der Waals surface area contributed by atoms with E-state index in [1.807, 2.05) is 37.3 Å². The lowest BCUT2D eigenvalue weighted by Gasteiger charge is -2.28. The molecule has 1 N–H and O–H groups in total. The molecular formula is C24H23ClN2O4S. The molecule has 0 saturated heterocycles. The molecule has 1 aliphatic heterocycles. The van der Waals surface area contributed by atoms with Gasteiger partial charge in [-0.3, -0.25) is 9.52 Å². The number of ether oxygens (including phenoxy) is 1. The van der Waals surface area contributed by atoms with Crippen LogP contribution < -0.4 is 9.46 Å². The number of nitrogens with zero attached hydrogens (tertiary/aromatic N) is 1. The van der Waals surface area contributed by atoms with Gasteiger partial charge in [-0.1, -0.05) is 53.6 Å². The average molecular weight is 471 g/mol. The fourth-order valence-corrected chi connectivity index (χ4v) is 4.93. The number of nitrogens with one attached hydrogen (secondary N) is 1. The van der Waals surface area contributed by atoms with E-state index in [0.717, 1.165) is 17.5 Å². The molecule has 0 saturated carbocycles. The highest BCUT2D eigenvalue weighted by molar-refractivity contribution is 7.92. The lowest BCUT2D eigenvalue weighted by Crippen LogP contribution is -2.38. The zero-order chi connectivity index (χ0) is 22.7. The highest BCUT2D eigenvalue weighted by Crippen LogP contribution is 2.28. The molecular weight excluding hydrogens is 448 g/mol. The summed E-state index contributed by atoms with van der Waals surface area (Å²) in [4.78, 5) is 14.4. The Balaban J connectivity index is 1.39. The SMILES string of the molecule is Cc1ccc(NS(=O)(=O)c2ccc(OCC(=O)N3CCc4ccccc4C3)c(Cl)c2)cc1. The molecule has 0 radical (unpaired) electrons. The Morgan fingerprint density at radius 3 is 2.50 bits per heavy atom. The largest absolute Gasteiger partial charge is 0.482 e. The second-order valence-corrected chi connectivity index (χ2v) is 9.78. The van der Waals surface area contributed by atoms with Crippen molar-refractivity contribution in [2.45, 2.75) is 24.8 Å². The molecule has 0 unspecified atom stereocenters. The molecule has 3 aromatic rings. The number of carbonyl (C=O) groups excluding carboxylic acids is 1. The van der Waals surface area contributed by atoms with E-state index in [2.05, 4.69) is 10.8 Å². The van der Waals surface area contributed by atoms with Crippen LogP contribution in [0.4, 0.5) is 5.69 Å². The second-order valence-electron chi connectivity index (χ2n) is 7.69. The molecule has 3 aromatic carbocycles. The number of sulfonamides is 1. The van der Waals surface area contributed by atoms with Gasteiger partial charge in [-0.25, -0.2) is 8.42 Å². The van der Waals surface area contributed by atoms with Gasteiger partial charge < -0.3 is 9.64 Å². The fraction of sp³-hybridized carbons (Fsp3) is 0.208. The summed E-state index contributed by atoms with van der Waals surface area (Å²) in [5.74, 6) is 0.111. The maximum absolute atomic E-state index is 12.7. The minimum Gasteiger partial charge on any atom is -0.482 e. The van der Waals surface area contributed by atoms with E-state index in [9.17, 15) is 13.2 Å². The Morgan fingerprint density at radius 1 is 1.06 bits per heavy atom. The molecule has 0 spiro atoms. The van der Waals surface area contributed by atoms with Crippen molar-refractivity contribution in [1.29, 1.82) is 0 Å². The lowest BCUT2D eigenvalue weighted by molar-refractivity contribution is -0.134. The van der Waals surface area contributed by atoms with Gasteiger partial charge in [-0.15, -0.1) is 0 Å². The van der Waals surface area contributed by atoms with E-state index in [-0.39, 0.29) is 28.2 Å². The van der Waals surface area contributed by atoms with Crippen LogP contribution in [0.25, 0.3) is 0 Å². The van der Waals surface area contributed by atoms with Crippen LogP contribution in [0, 0.1) is 6.92 Å². The molecule has 166 valence electrons. The van der Waals surface area contributed by atoms with E-state index in [4.69, 9.17) is 16.3 Å². The third-order valence-corrected chi connectivity index (χ3v) is 7.03. The van der Waals surface area contributed by atoms with Gasteiger partial charge in [-0.05, 0) is 54.8 Å². The number of aryl methyl sites for hydroxylation is 1. The number of halogens is 1. The maximum Gasteiger partial charge on any atom is 0.261 e. The van der Waals surface area contributed by atoms with Gasteiger partial charge in [0.2, 0.25) is 0 Å². The summed E-state index contributed by atoms with van der Waals surface area (Å²) in [5, 5.41) is 0.119. The van der Waals surface area contributed by atoms with Gasteiger partial charge >= 0.3 is 0 Å². The first-order valence-electron chi connectivity index (χ1n) is 10.2. The van der Waals surface area contributed by atoms with E-state index < -0.39 is 10.0 Å². The molecule has 0 atom stereocenters. The first kappa shape index (κ1) is 22.2. The van der Waals surface area contributed by atoms with E-state index in [1.54, 1.807) is 17.0 Å². The summed E-state index contributed by atoms with van der Waals surface area (Å²) in [6, 6.07) is 19.3. The molecule has 0 aliphatic carbocycles. The van der Waals surface area contributed by atoms with Gasteiger partial charge in [0.15, 0.2) is 6.61 Å². The Morgan fingerprint density at radius 2 is 1.78 bits per heavy atom. The van der Waals surface area contributed by atoms with Crippen molar-refractivity contribution in [2.75, 3.05) is 17.9 Å². The molecule has 32 heavy (non-hydrogen) atoms. The average Bonchev–Trinajstić information content (AvgIpc) is 2.79. The number of benzene rings is 3. The van der Waals surface area contributed by atoms with Gasteiger partial charge in [0.1, 0.15) is 5.75 Å². The quantitative estimate of drug-likeness (QED) is 0.579. The van der Waals surface area contributed by atoms with Crippen molar-refractivity contribution in [2.24, 2.45) is 0 Å². The molecule has 0 aromatic heterocycles. The summed E-state index contributed by atoms with van der Waals surface area (Å²) in [7, 11) is -3.81. The third-order valence-electron chi connectivity index (χ3n) is 5.35. The normalized spacial score (nSPS) is 13.4. The third kappa shape index (κ3) is 5.06. The summed E-state index contributed by atoms with van der Waals surface area (Å²) < 4.78 is 33.4. The molecule has 6 nitrogen and oxygen atoms in total. The van der Waals surface area contributed by atoms with Gasteiger partial charge in [-0.2, -0.15) is 0 Å². The summed E-state index contributed by atoms with van der Waals surface area (Å²) in [6.45, 7) is 2.93. The zero-order valence-electron chi connectivity index (χ0n) is 17.5. The summed E-state index contributed by atoms with van der Waals surface area (Å²) in [6.07, 6.45) is 0.809. The number of hydrogen-bond acceptors (Lipinski definition) is 4. The van der Waals surface area contributed by atoms with Crippen molar-refractivity contribution < 1.29 is 17.9 Å². The highest BCUT2D eigenvalue weighted by Gasteiger charge is 2.21. The van der Waals surface area contributed by atoms with Crippen LogP contribution >= 0.6 is 11.6 Å². The van der Waals surface area contributed by atoms with Crippen molar-refractivity contribution in [1.82, 2.24) is 4.90 Å². The van der Waals surface area contributed by atoms with Crippen LogP contribution in [0.5, 0.6) is 5.75 Å². The van der Waals surface area contributed by atoms with E-state index >= 15 is 0 Å². The maximum atomic E-state index is 12.7. The van der Waals surface area contributed by atoms with E-state index in [0.29, 0.717) is 18.8 Å². The van der Waals surface area contributed by atoms with Crippen molar-refractivity contribution in [3.05, 3.63) is 88.4 Å². The van der Waals surface area contributed by atoms with Crippen LogP contribution in [0.3, 0.4) is 0 Å². The molecule has 0 fully saturated rings. The molecule has 4 rings (SSSR count). The van der Waals surface area contributed by atoms with Gasteiger partial charge in [0, 0.05) is 18.8 Å². The van der Waals surface area contributed by atoms with Gasteiger partial charge in [0.05, 0.1) is 9.92 Å². The first-order chi connectivity index (χ1) is 15.3. The minimum atomic E-state index is -3.81. The Bertz CT molecular complexity index is 1240. The minimum absolute atomic E-state index is 0.00869. The fourth-order valence-electron chi connectivity index (χ4n) is 3.54. The zero-order valence-corrected chi connectivity index (χ0v) is 19.1. The Kier molecular flexibility index (Phi) is 6.39. The topological polar surface area (TPSA) is 75.7 Å². The number of rotatable bonds is 6. The molecule has 1 heterocycles. The number of anilines is 1. The predicted octanol–water partition coefficient (Wildman–Crippen LogP) is 4.41. The monoisotopic (exact) mass is 470 g/mol. The summed E-state index contributed by atoms with van der Waals surface area (Å²) >= 11 is 6.25. The molecule has 0 bridgehead atoms. The predicted molar refractivity (Wildman–Crippen MR) is 124 cm³/mol. The van der Waals surface area contributed by atoms with Crippen LogP contribution in [0.2, 0.25) is 5.02 Å². The van der Waals surface area contributed by atoms with E-state index in [1.165, 1.54) is 23.8 Å². The first-order valence-corrected chi connectivity index (χ1v) is 12.0. The van der Waals surface area contributed by atoms with Crippen LogP contribution in [0.1, 0.15) is 16.7 Å². The Labute approximate surface area is 192 Å². The van der Waals surface area contributed by atoms with Crippen molar-refractivity contribution in [3.63, 3.8) is 0 Å². The smallest absolute Gasteiger partial charge is 0.261 e. The highest BCUT2D eigenvalue weighted by atomic mass is 35.5. The molecule has 1 aliphatic rings. The molecule has 8 heteroatoms. The second kappa shape index (κ2) is 9.22. The van der Waals surface area contributed by atoms with Crippen LogP contribution in [0.15, 0.2) is 71.6 Å². The molecule has 1 amide bonds. The number of amides is 1. The Hall–Kier alpha value is -3.03. The number of hydrogen-bond donors (Lipinski definition) is 1. The standard InChI is InChI=1S/C24H23ClN2O4S/c1-17-6-8-20(9-7-17)26-32(29,30)21-10-11-23(22(25)14-21)31-16-24(28)27-13-12-18-4-2-3-5-19(18)15-27/h2-11,14,26H,12-13,15-16H2,1H3. The number of fused-ring (bicyclic) bond motifs is 1. The van der Waals surface area contributed by atoms with Crippen molar-refractivity contribution >= 4 is 33.2 Å². The summed E-state index contributed by atoms with van der Waals surface area (Å²) in [5.41, 5.74) is 3.89. The van der Waals surface area contributed by atoms with Crippen molar-refractivity contribution in [3.8, 4) is 5.75 Å². The van der Waals surface area contributed by atoms with Gasteiger partial charge in [0.25, 0.3) is 15.9 Å². The van der Waals surface area contributed by atoms with Crippen LogP contribution in [-0.2, 0) is 27.8 Å². The number of carbonyl (C=O) groups is 1. The lowest BCUT2D eigenvalue weighted by atomic mass is 10.00. The van der Waals surface area contributed by atoms with Crippen LogP contribution in [-0.4, -0.2) is 32.4 Å².